The van der Waals surface area contributed by atoms with E-state index in [0.717, 1.165) is 17.9 Å². The van der Waals surface area contributed by atoms with Gasteiger partial charge in [0.15, 0.2) is 0 Å². The fourth-order valence-corrected chi connectivity index (χ4v) is 2.56. The molecule has 0 spiro atoms. The lowest BCUT2D eigenvalue weighted by molar-refractivity contribution is 0.251. The van der Waals surface area contributed by atoms with Gasteiger partial charge in [-0.1, -0.05) is 0 Å². The Balaban J connectivity index is 2.14. The number of aliphatic hydroxyl groups is 1. The first-order valence-corrected chi connectivity index (χ1v) is 7.28. The second-order valence-electron chi connectivity index (χ2n) is 5.47. The van der Waals surface area contributed by atoms with Crippen molar-refractivity contribution in [3.8, 4) is 0 Å². The summed E-state index contributed by atoms with van der Waals surface area (Å²) in [5.41, 5.74) is 4.67. The summed E-state index contributed by atoms with van der Waals surface area (Å²) in [7, 11) is 2.12. The van der Waals surface area contributed by atoms with Gasteiger partial charge < -0.3 is 5.11 Å². The number of aliphatic hydroxyl groups excluding tert-OH is 1. The van der Waals surface area contributed by atoms with Crippen molar-refractivity contribution in [1.29, 1.82) is 0 Å². The van der Waals surface area contributed by atoms with Crippen molar-refractivity contribution in [1.82, 2.24) is 19.7 Å². The molecule has 2 aromatic rings. The summed E-state index contributed by atoms with van der Waals surface area (Å²) in [4.78, 5) is 6.37. The second-order valence-corrected chi connectivity index (χ2v) is 5.47. The second kappa shape index (κ2) is 6.83. The first-order valence-electron chi connectivity index (χ1n) is 7.28. The zero-order valence-electron chi connectivity index (χ0n) is 13.2. The molecule has 0 saturated heterocycles. The third-order valence-electron chi connectivity index (χ3n) is 4.10. The molecule has 0 aliphatic rings. The highest BCUT2D eigenvalue weighted by atomic mass is 16.3. The van der Waals surface area contributed by atoms with Crippen molar-refractivity contribution in [3.63, 3.8) is 0 Å². The average molecular weight is 288 g/mol. The molecule has 1 atom stereocenters. The summed E-state index contributed by atoms with van der Waals surface area (Å²) in [6, 6.07) is 4.42. The van der Waals surface area contributed by atoms with Crippen LogP contribution in [0.25, 0.3) is 0 Å². The predicted octanol–water partition coefficient (Wildman–Crippen LogP) is 2.08. The van der Waals surface area contributed by atoms with Crippen molar-refractivity contribution in [3.05, 3.63) is 47.0 Å². The van der Waals surface area contributed by atoms with Crippen molar-refractivity contribution < 1.29 is 5.11 Å². The third-order valence-corrected chi connectivity index (χ3v) is 4.10. The molecule has 5 nitrogen and oxygen atoms in total. The smallest absolute Gasteiger partial charge is 0.0644 e. The van der Waals surface area contributed by atoms with E-state index in [0.29, 0.717) is 12.6 Å². The summed E-state index contributed by atoms with van der Waals surface area (Å²) in [5, 5.41) is 13.6. The zero-order valence-corrected chi connectivity index (χ0v) is 13.2. The Labute approximate surface area is 126 Å². The Hall–Kier alpha value is -1.72. The van der Waals surface area contributed by atoms with Crippen LogP contribution in [0.3, 0.4) is 0 Å². The van der Waals surface area contributed by atoms with Gasteiger partial charge in [-0.15, -0.1) is 0 Å². The molecular formula is C16H24N4O. The van der Waals surface area contributed by atoms with E-state index >= 15 is 0 Å². The summed E-state index contributed by atoms with van der Waals surface area (Å²) in [6.45, 7) is 7.79. The lowest BCUT2D eigenvalue weighted by Crippen LogP contribution is -2.22. The van der Waals surface area contributed by atoms with E-state index in [1.54, 1.807) is 0 Å². The number of pyridine rings is 1. The molecule has 0 amide bonds. The van der Waals surface area contributed by atoms with Crippen molar-refractivity contribution >= 4 is 0 Å². The maximum atomic E-state index is 9.09. The van der Waals surface area contributed by atoms with Gasteiger partial charge in [0, 0.05) is 36.2 Å². The van der Waals surface area contributed by atoms with E-state index in [9.17, 15) is 0 Å². The summed E-state index contributed by atoms with van der Waals surface area (Å²) in [5.74, 6) is 0. The quantitative estimate of drug-likeness (QED) is 0.884. The van der Waals surface area contributed by atoms with Gasteiger partial charge in [-0.2, -0.15) is 5.10 Å². The Morgan fingerprint density at radius 2 is 1.95 bits per heavy atom. The van der Waals surface area contributed by atoms with Crippen LogP contribution in [0.5, 0.6) is 0 Å². The number of nitrogens with zero attached hydrogens (tertiary/aromatic N) is 4. The average Bonchev–Trinajstić information content (AvgIpc) is 2.75. The largest absolute Gasteiger partial charge is 0.394 e. The lowest BCUT2D eigenvalue weighted by atomic mass is 10.1. The molecule has 0 aliphatic carbocycles. The number of aromatic nitrogens is 3. The molecule has 0 aliphatic heterocycles. The SMILES string of the molecule is Cc1nn(CCO)c(C)c1CN(C)[C@H](C)c1ccncc1. The van der Waals surface area contributed by atoms with Gasteiger partial charge in [0.25, 0.3) is 0 Å². The molecule has 0 aromatic carbocycles. The molecule has 2 aromatic heterocycles. The highest BCUT2D eigenvalue weighted by Crippen LogP contribution is 2.22. The Morgan fingerprint density at radius 3 is 2.57 bits per heavy atom. The fourth-order valence-electron chi connectivity index (χ4n) is 2.56. The Kier molecular flexibility index (Phi) is 5.09. The molecule has 2 heterocycles. The lowest BCUT2D eigenvalue weighted by Gasteiger charge is -2.25. The van der Waals surface area contributed by atoms with Crippen LogP contribution >= 0.6 is 0 Å². The molecule has 0 saturated carbocycles. The van der Waals surface area contributed by atoms with Crippen LogP contribution in [0.4, 0.5) is 0 Å². The molecule has 0 unspecified atom stereocenters. The van der Waals surface area contributed by atoms with Gasteiger partial charge >= 0.3 is 0 Å². The van der Waals surface area contributed by atoms with Crippen LogP contribution in [-0.4, -0.2) is 38.4 Å². The minimum Gasteiger partial charge on any atom is -0.394 e. The first kappa shape index (κ1) is 15.7. The molecule has 0 fully saturated rings. The van der Waals surface area contributed by atoms with Gasteiger partial charge in [-0.05, 0) is 45.5 Å². The minimum absolute atomic E-state index is 0.116. The monoisotopic (exact) mass is 288 g/mol. The summed E-state index contributed by atoms with van der Waals surface area (Å²) < 4.78 is 1.88. The van der Waals surface area contributed by atoms with Crippen molar-refractivity contribution in [2.45, 2.75) is 39.9 Å². The molecule has 0 radical (unpaired) electrons. The zero-order chi connectivity index (χ0) is 15.4. The highest BCUT2D eigenvalue weighted by molar-refractivity contribution is 5.25. The number of aryl methyl sites for hydroxylation is 1. The molecule has 2 rings (SSSR count). The van der Waals surface area contributed by atoms with Crippen LogP contribution in [0.15, 0.2) is 24.5 Å². The van der Waals surface area contributed by atoms with Gasteiger partial charge in [0.05, 0.1) is 18.8 Å². The molecule has 1 N–H and O–H groups in total. The van der Waals surface area contributed by atoms with E-state index in [4.69, 9.17) is 5.11 Å². The van der Waals surface area contributed by atoms with Crippen molar-refractivity contribution in [2.75, 3.05) is 13.7 Å². The molecule has 5 heteroatoms. The topological polar surface area (TPSA) is 54.2 Å². The standard InChI is InChI=1S/C16H24N4O/c1-12-16(14(3)20(18-12)9-10-21)11-19(4)13(2)15-5-7-17-8-6-15/h5-8,13,21H,9-11H2,1-4H3/t13-/m1/s1. The fraction of sp³-hybridized carbons (Fsp3) is 0.500. The molecular weight excluding hydrogens is 264 g/mol. The third kappa shape index (κ3) is 3.49. The van der Waals surface area contributed by atoms with E-state index in [1.165, 1.54) is 11.1 Å². The number of hydrogen-bond acceptors (Lipinski definition) is 4. The van der Waals surface area contributed by atoms with E-state index < -0.39 is 0 Å². The predicted molar refractivity (Wildman–Crippen MR) is 82.9 cm³/mol. The molecule has 0 bridgehead atoms. The van der Waals surface area contributed by atoms with Crippen molar-refractivity contribution in [2.24, 2.45) is 0 Å². The van der Waals surface area contributed by atoms with Gasteiger partial charge in [-0.25, -0.2) is 0 Å². The van der Waals surface area contributed by atoms with Crippen LogP contribution in [0.1, 0.15) is 35.5 Å². The Bertz CT molecular complexity index is 579. The van der Waals surface area contributed by atoms with Gasteiger partial charge in [-0.3, -0.25) is 14.6 Å². The van der Waals surface area contributed by atoms with Crippen LogP contribution in [-0.2, 0) is 13.1 Å². The highest BCUT2D eigenvalue weighted by Gasteiger charge is 2.17. The maximum Gasteiger partial charge on any atom is 0.0644 e. The normalized spacial score (nSPS) is 12.9. The van der Waals surface area contributed by atoms with E-state index in [2.05, 4.69) is 48.0 Å². The number of hydrogen-bond donors (Lipinski definition) is 1. The summed E-state index contributed by atoms with van der Waals surface area (Å²) >= 11 is 0. The van der Waals surface area contributed by atoms with Gasteiger partial charge in [0.1, 0.15) is 0 Å². The van der Waals surface area contributed by atoms with Crippen LogP contribution < -0.4 is 0 Å². The first-order chi connectivity index (χ1) is 10.0. The van der Waals surface area contributed by atoms with Crippen LogP contribution in [0, 0.1) is 13.8 Å². The number of rotatable bonds is 6. The van der Waals surface area contributed by atoms with Crippen LogP contribution in [0.2, 0.25) is 0 Å². The molecule has 21 heavy (non-hydrogen) atoms. The summed E-state index contributed by atoms with van der Waals surface area (Å²) in [6.07, 6.45) is 3.66. The van der Waals surface area contributed by atoms with Gasteiger partial charge in [0.2, 0.25) is 0 Å². The minimum atomic E-state index is 0.116. The Morgan fingerprint density at radius 1 is 1.29 bits per heavy atom. The molecule has 114 valence electrons. The van der Waals surface area contributed by atoms with E-state index in [1.807, 2.05) is 24.0 Å². The van der Waals surface area contributed by atoms with E-state index in [-0.39, 0.29) is 6.61 Å². The maximum absolute atomic E-state index is 9.09.